The molecule has 156 valence electrons. The van der Waals surface area contributed by atoms with E-state index in [4.69, 9.17) is 4.52 Å². The van der Waals surface area contributed by atoms with E-state index in [9.17, 15) is 9.59 Å². The second kappa shape index (κ2) is 8.39. The summed E-state index contributed by atoms with van der Waals surface area (Å²) in [5.74, 6) is 0.234. The standard InChI is InChI=1S/C24H22N4O3/c1-15-11-16(2)13-18(12-15)25-21(29)14-28-10-6-9-20(24(28)30)23-26-22(27-31-23)19-8-5-4-7-17(19)3/h4-13H,14H2,1-3H3,(H,25,29). The van der Waals surface area contributed by atoms with E-state index in [1.807, 2.05) is 63.2 Å². The first-order valence-electron chi connectivity index (χ1n) is 9.88. The maximum Gasteiger partial charge on any atom is 0.263 e. The van der Waals surface area contributed by atoms with Gasteiger partial charge in [0.05, 0.1) is 0 Å². The number of amides is 1. The van der Waals surface area contributed by atoms with E-state index in [0.29, 0.717) is 11.5 Å². The van der Waals surface area contributed by atoms with Crippen molar-refractivity contribution in [1.82, 2.24) is 14.7 Å². The Hall–Kier alpha value is -4.00. The van der Waals surface area contributed by atoms with Gasteiger partial charge in [-0.2, -0.15) is 4.98 Å². The number of nitrogens with zero attached hydrogens (tertiary/aromatic N) is 3. The van der Waals surface area contributed by atoms with Crippen LogP contribution >= 0.6 is 0 Å². The third-order valence-electron chi connectivity index (χ3n) is 4.88. The Morgan fingerprint density at radius 1 is 1.00 bits per heavy atom. The van der Waals surface area contributed by atoms with Crippen molar-refractivity contribution in [3.63, 3.8) is 0 Å². The van der Waals surface area contributed by atoms with Gasteiger partial charge in [0, 0.05) is 17.4 Å². The zero-order chi connectivity index (χ0) is 22.0. The minimum Gasteiger partial charge on any atom is -0.333 e. The average Bonchev–Trinajstić information content (AvgIpc) is 3.19. The molecule has 0 spiro atoms. The lowest BCUT2D eigenvalue weighted by atomic mass is 10.1. The number of nitrogens with one attached hydrogen (secondary N) is 1. The molecule has 4 rings (SSSR count). The number of hydrogen-bond acceptors (Lipinski definition) is 5. The molecule has 31 heavy (non-hydrogen) atoms. The monoisotopic (exact) mass is 414 g/mol. The lowest BCUT2D eigenvalue weighted by Gasteiger charge is -2.09. The van der Waals surface area contributed by atoms with E-state index in [1.165, 1.54) is 4.57 Å². The van der Waals surface area contributed by atoms with Gasteiger partial charge < -0.3 is 14.4 Å². The molecule has 0 aliphatic carbocycles. The van der Waals surface area contributed by atoms with Gasteiger partial charge in [0.15, 0.2) is 0 Å². The average molecular weight is 414 g/mol. The smallest absolute Gasteiger partial charge is 0.263 e. The fourth-order valence-electron chi connectivity index (χ4n) is 3.49. The van der Waals surface area contributed by atoms with Crippen molar-refractivity contribution in [3.8, 4) is 22.8 Å². The van der Waals surface area contributed by atoms with Gasteiger partial charge in [-0.3, -0.25) is 9.59 Å². The molecule has 4 aromatic rings. The normalized spacial score (nSPS) is 10.8. The van der Waals surface area contributed by atoms with Crippen LogP contribution < -0.4 is 10.9 Å². The first-order valence-corrected chi connectivity index (χ1v) is 9.88. The van der Waals surface area contributed by atoms with Gasteiger partial charge in [-0.15, -0.1) is 0 Å². The topological polar surface area (TPSA) is 90.0 Å². The predicted molar refractivity (Wildman–Crippen MR) is 119 cm³/mol. The van der Waals surface area contributed by atoms with Gasteiger partial charge in [-0.25, -0.2) is 0 Å². The fourth-order valence-corrected chi connectivity index (χ4v) is 3.49. The number of carbonyl (C=O) groups excluding carboxylic acids is 1. The van der Waals surface area contributed by atoms with Crippen LogP contribution in [-0.4, -0.2) is 20.6 Å². The SMILES string of the molecule is Cc1cc(C)cc(NC(=O)Cn2cccc(-c3nc(-c4ccccc4C)no3)c2=O)c1. The molecule has 0 saturated heterocycles. The Bertz CT molecular complexity index is 1300. The molecule has 0 radical (unpaired) electrons. The molecule has 2 aromatic carbocycles. The third-order valence-corrected chi connectivity index (χ3v) is 4.88. The molecule has 7 heteroatoms. The lowest BCUT2D eigenvalue weighted by Crippen LogP contribution is -2.28. The van der Waals surface area contributed by atoms with Crippen molar-refractivity contribution in [2.45, 2.75) is 27.3 Å². The highest BCUT2D eigenvalue weighted by atomic mass is 16.5. The highest BCUT2D eigenvalue weighted by molar-refractivity contribution is 5.90. The van der Waals surface area contributed by atoms with Crippen LogP contribution in [0.1, 0.15) is 16.7 Å². The van der Waals surface area contributed by atoms with Gasteiger partial charge in [0.2, 0.25) is 11.7 Å². The molecule has 0 atom stereocenters. The maximum atomic E-state index is 12.9. The molecule has 7 nitrogen and oxygen atoms in total. The Morgan fingerprint density at radius 2 is 1.71 bits per heavy atom. The van der Waals surface area contributed by atoms with Crippen LogP contribution in [0.3, 0.4) is 0 Å². The number of hydrogen-bond donors (Lipinski definition) is 1. The van der Waals surface area contributed by atoms with Crippen LogP contribution in [0.15, 0.2) is 70.1 Å². The molecule has 0 fully saturated rings. The molecule has 0 bridgehead atoms. The van der Waals surface area contributed by atoms with E-state index < -0.39 is 0 Å². The zero-order valence-electron chi connectivity index (χ0n) is 17.5. The van der Waals surface area contributed by atoms with Crippen LogP contribution in [0.25, 0.3) is 22.8 Å². The summed E-state index contributed by atoms with van der Waals surface area (Å²) in [5, 5.41) is 6.85. The number of aryl methyl sites for hydroxylation is 3. The van der Waals surface area contributed by atoms with E-state index in [1.54, 1.807) is 18.3 Å². The minimum atomic E-state index is -0.377. The zero-order valence-corrected chi connectivity index (χ0v) is 17.5. The Balaban J connectivity index is 1.57. The van der Waals surface area contributed by atoms with Crippen LogP contribution in [0.5, 0.6) is 0 Å². The van der Waals surface area contributed by atoms with Gasteiger partial charge in [-0.1, -0.05) is 35.5 Å². The second-order valence-corrected chi connectivity index (χ2v) is 7.52. The molecule has 1 amide bonds. The van der Waals surface area contributed by atoms with Crippen LogP contribution in [-0.2, 0) is 11.3 Å². The van der Waals surface area contributed by atoms with Crippen molar-refractivity contribution in [2.24, 2.45) is 0 Å². The minimum absolute atomic E-state index is 0.118. The van der Waals surface area contributed by atoms with Crippen LogP contribution in [0.2, 0.25) is 0 Å². The van der Waals surface area contributed by atoms with Gasteiger partial charge in [0.25, 0.3) is 11.4 Å². The summed E-state index contributed by atoms with van der Waals surface area (Å²) < 4.78 is 6.67. The summed E-state index contributed by atoms with van der Waals surface area (Å²) >= 11 is 0. The molecule has 0 aliphatic heterocycles. The fraction of sp³-hybridized carbons (Fsp3) is 0.167. The van der Waals surface area contributed by atoms with Crippen molar-refractivity contribution in [1.29, 1.82) is 0 Å². The molecular weight excluding hydrogens is 392 g/mol. The van der Waals surface area contributed by atoms with Crippen LogP contribution in [0.4, 0.5) is 5.69 Å². The Kier molecular flexibility index (Phi) is 5.49. The van der Waals surface area contributed by atoms with E-state index in [0.717, 1.165) is 22.3 Å². The second-order valence-electron chi connectivity index (χ2n) is 7.52. The Morgan fingerprint density at radius 3 is 2.45 bits per heavy atom. The summed E-state index contributed by atoms with van der Waals surface area (Å²) in [4.78, 5) is 29.8. The summed E-state index contributed by atoms with van der Waals surface area (Å²) in [7, 11) is 0. The van der Waals surface area contributed by atoms with Gasteiger partial charge >= 0.3 is 0 Å². The number of aromatic nitrogens is 3. The summed E-state index contributed by atoms with van der Waals surface area (Å²) in [5.41, 5.74) is 4.51. The lowest BCUT2D eigenvalue weighted by molar-refractivity contribution is -0.116. The molecule has 1 N–H and O–H groups in total. The molecular formula is C24H22N4O3. The van der Waals surface area contributed by atoms with E-state index in [-0.39, 0.29) is 29.5 Å². The molecule has 0 saturated carbocycles. The summed E-state index contributed by atoms with van der Waals surface area (Å²) in [6, 6.07) is 16.7. The number of carbonyl (C=O) groups is 1. The quantitative estimate of drug-likeness (QED) is 0.530. The van der Waals surface area contributed by atoms with Crippen molar-refractivity contribution >= 4 is 11.6 Å². The highest BCUT2D eigenvalue weighted by Gasteiger charge is 2.16. The maximum absolute atomic E-state index is 12.9. The van der Waals surface area contributed by atoms with E-state index in [2.05, 4.69) is 15.5 Å². The van der Waals surface area contributed by atoms with Crippen LogP contribution in [0, 0.1) is 20.8 Å². The van der Waals surface area contributed by atoms with Crippen molar-refractivity contribution in [3.05, 3.63) is 87.8 Å². The molecule has 2 aromatic heterocycles. The number of rotatable bonds is 5. The van der Waals surface area contributed by atoms with Crippen molar-refractivity contribution in [2.75, 3.05) is 5.32 Å². The molecule has 2 heterocycles. The first kappa shape index (κ1) is 20.3. The summed E-state index contributed by atoms with van der Waals surface area (Å²) in [6.45, 7) is 5.76. The molecule has 0 unspecified atom stereocenters. The number of anilines is 1. The van der Waals surface area contributed by atoms with Gasteiger partial charge in [-0.05, 0) is 61.7 Å². The van der Waals surface area contributed by atoms with E-state index >= 15 is 0 Å². The summed E-state index contributed by atoms with van der Waals surface area (Å²) in [6.07, 6.45) is 1.56. The molecule has 0 aliphatic rings. The highest BCUT2D eigenvalue weighted by Crippen LogP contribution is 2.22. The van der Waals surface area contributed by atoms with Crippen molar-refractivity contribution < 1.29 is 9.32 Å². The van der Waals surface area contributed by atoms with Gasteiger partial charge in [0.1, 0.15) is 12.1 Å². The largest absolute Gasteiger partial charge is 0.333 e. The number of benzene rings is 2. The predicted octanol–water partition coefficient (Wildman–Crippen LogP) is 4.13. The number of pyridine rings is 1. The third kappa shape index (κ3) is 4.45. The first-order chi connectivity index (χ1) is 14.9. The Labute approximate surface area is 179 Å².